The molecule has 1 fully saturated rings. The maximum Gasteiger partial charge on any atom is 0.122 e. The van der Waals surface area contributed by atoms with E-state index in [9.17, 15) is 0 Å². The summed E-state index contributed by atoms with van der Waals surface area (Å²) in [6, 6.07) is 4.45. The van der Waals surface area contributed by atoms with Crippen molar-refractivity contribution in [2.24, 2.45) is 5.73 Å². The zero-order chi connectivity index (χ0) is 13.0. The average Bonchev–Trinajstić information content (AvgIpc) is 2.38. The van der Waals surface area contributed by atoms with Crippen molar-refractivity contribution in [2.75, 3.05) is 25.5 Å². The van der Waals surface area contributed by atoms with Gasteiger partial charge in [-0.25, -0.2) is 0 Å². The number of nitrogens with zero attached hydrogens (tertiary/aromatic N) is 2. The largest absolute Gasteiger partial charge is 0.388 e. The summed E-state index contributed by atoms with van der Waals surface area (Å²) in [6.07, 6.45) is 5.70. The lowest BCUT2D eigenvalue weighted by Crippen LogP contribution is -2.40. The number of thiocarbonyl (C=S) groups is 1. The lowest BCUT2D eigenvalue weighted by Gasteiger charge is -2.32. The first kappa shape index (κ1) is 13.2. The van der Waals surface area contributed by atoms with E-state index in [1.54, 1.807) is 6.20 Å². The highest BCUT2D eigenvalue weighted by Gasteiger charge is 2.18. The molecule has 18 heavy (non-hydrogen) atoms. The van der Waals surface area contributed by atoms with Crippen LogP contribution in [0, 0.1) is 0 Å². The number of nitrogens with one attached hydrogen (secondary N) is 1. The lowest BCUT2D eigenvalue weighted by atomic mass is 10.0. The first-order chi connectivity index (χ1) is 8.66. The van der Waals surface area contributed by atoms with Gasteiger partial charge in [-0.05, 0) is 38.6 Å². The summed E-state index contributed by atoms with van der Waals surface area (Å²) in [4.78, 5) is 6.98. The van der Waals surface area contributed by atoms with E-state index in [0.29, 0.717) is 16.7 Å². The Labute approximate surface area is 114 Å². The normalized spacial score (nSPS) is 20.6. The second-order valence-corrected chi connectivity index (χ2v) is 5.25. The third-order valence-corrected chi connectivity index (χ3v) is 3.69. The number of anilines is 1. The van der Waals surface area contributed by atoms with E-state index in [0.717, 1.165) is 12.2 Å². The number of hydrogen-bond donors (Lipinski definition) is 2. The maximum absolute atomic E-state index is 5.51. The van der Waals surface area contributed by atoms with E-state index in [2.05, 4.69) is 22.2 Å². The number of nitrogens with two attached hydrogens (primary N) is 1. The molecule has 3 N–H and O–H groups in total. The Morgan fingerprint density at radius 3 is 3.00 bits per heavy atom. The lowest BCUT2D eigenvalue weighted by molar-refractivity contribution is 0.194. The first-order valence-electron chi connectivity index (χ1n) is 6.37. The van der Waals surface area contributed by atoms with Crippen molar-refractivity contribution in [1.82, 2.24) is 9.88 Å². The summed E-state index contributed by atoms with van der Waals surface area (Å²) in [5.74, 6) is 0. The van der Waals surface area contributed by atoms with E-state index >= 15 is 0 Å². The number of hydrogen-bond acceptors (Lipinski definition) is 4. The Morgan fingerprint density at radius 1 is 1.56 bits per heavy atom. The zero-order valence-electron chi connectivity index (χ0n) is 10.7. The molecular formula is C13H20N4S. The summed E-state index contributed by atoms with van der Waals surface area (Å²) in [7, 11) is 2.19. The van der Waals surface area contributed by atoms with Crippen LogP contribution in [0.2, 0.25) is 0 Å². The molecule has 1 aliphatic heterocycles. The van der Waals surface area contributed by atoms with Crippen LogP contribution in [0.3, 0.4) is 0 Å². The standard InChI is InChI=1S/C13H20N4S/c1-17-7-3-2-4-11(17)9-15-10-5-6-12(13(14)18)16-8-10/h5-6,8,11,15H,2-4,7,9H2,1H3,(H2,14,18). The van der Waals surface area contributed by atoms with Crippen molar-refractivity contribution in [2.45, 2.75) is 25.3 Å². The van der Waals surface area contributed by atoms with E-state index in [1.807, 2.05) is 12.1 Å². The summed E-state index contributed by atoms with van der Waals surface area (Å²) in [5, 5.41) is 3.42. The van der Waals surface area contributed by atoms with Crippen LogP contribution >= 0.6 is 12.2 Å². The van der Waals surface area contributed by atoms with Crippen LogP contribution in [-0.4, -0.2) is 41.1 Å². The van der Waals surface area contributed by atoms with Crippen LogP contribution in [-0.2, 0) is 0 Å². The molecule has 2 rings (SSSR count). The molecule has 0 radical (unpaired) electrons. The minimum Gasteiger partial charge on any atom is -0.388 e. The quantitative estimate of drug-likeness (QED) is 0.809. The van der Waals surface area contributed by atoms with Gasteiger partial charge in [0.1, 0.15) is 4.99 Å². The molecule has 0 bridgehead atoms. The second kappa shape index (κ2) is 6.11. The molecule has 0 saturated carbocycles. The van der Waals surface area contributed by atoms with Crippen LogP contribution in [0.15, 0.2) is 18.3 Å². The minimum atomic E-state index is 0.341. The molecule has 1 aromatic rings. The van der Waals surface area contributed by atoms with Gasteiger partial charge in [0.2, 0.25) is 0 Å². The van der Waals surface area contributed by atoms with Gasteiger partial charge in [-0.3, -0.25) is 4.98 Å². The van der Waals surface area contributed by atoms with Gasteiger partial charge < -0.3 is 16.0 Å². The van der Waals surface area contributed by atoms with Gasteiger partial charge in [0.15, 0.2) is 0 Å². The molecule has 0 spiro atoms. The Bertz CT molecular complexity index is 404. The zero-order valence-corrected chi connectivity index (χ0v) is 11.5. The fraction of sp³-hybridized carbons (Fsp3) is 0.538. The Hall–Kier alpha value is -1.20. The van der Waals surface area contributed by atoms with Crippen molar-refractivity contribution in [1.29, 1.82) is 0 Å². The fourth-order valence-corrected chi connectivity index (χ4v) is 2.40. The van der Waals surface area contributed by atoms with Crippen LogP contribution in [0.4, 0.5) is 5.69 Å². The highest BCUT2D eigenvalue weighted by atomic mass is 32.1. The summed E-state index contributed by atoms with van der Waals surface area (Å²) < 4.78 is 0. The molecule has 0 aliphatic carbocycles. The molecule has 1 unspecified atom stereocenters. The predicted octanol–water partition coefficient (Wildman–Crippen LogP) is 1.61. The fourth-order valence-electron chi connectivity index (χ4n) is 2.28. The molecule has 0 amide bonds. The Balaban J connectivity index is 1.87. The number of rotatable bonds is 4. The van der Waals surface area contributed by atoms with Crippen LogP contribution in [0.1, 0.15) is 25.0 Å². The van der Waals surface area contributed by atoms with E-state index in [-0.39, 0.29) is 0 Å². The molecule has 1 atom stereocenters. The Morgan fingerprint density at radius 2 is 2.39 bits per heavy atom. The van der Waals surface area contributed by atoms with Crippen LogP contribution in [0.25, 0.3) is 0 Å². The van der Waals surface area contributed by atoms with Gasteiger partial charge in [0, 0.05) is 12.6 Å². The number of likely N-dealkylation sites (tertiary alicyclic amines) is 1. The predicted molar refractivity (Wildman–Crippen MR) is 78.9 cm³/mol. The van der Waals surface area contributed by atoms with Crippen molar-refractivity contribution >= 4 is 22.9 Å². The number of pyridine rings is 1. The van der Waals surface area contributed by atoms with E-state index in [4.69, 9.17) is 18.0 Å². The number of aromatic nitrogens is 1. The van der Waals surface area contributed by atoms with Gasteiger partial charge in [-0.1, -0.05) is 18.6 Å². The van der Waals surface area contributed by atoms with Gasteiger partial charge >= 0.3 is 0 Å². The molecule has 98 valence electrons. The third kappa shape index (κ3) is 3.40. The molecule has 1 aliphatic rings. The number of likely N-dealkylation sites (N-methyl/N-ethyl adjacent to an activating group) is 1. The SMILES string of the molecule is CN1CCCCC1CNc1ccc(C(N)=S)nc1. The van der Waals surface area contributed by atoms with Gasteiger partial charge in [-0.2, -0.15) is 0 Å². The first-order valence-corrected chi connectivity index (χ1v) is 6.77. The molecule has 5 heteroatoms. The smallest absolute Gasteiger partial charge is 0.122 e. The number of piperidine rings is 1. The highest BCUT2D eigenvalue weighted by Crippen LogP contribution is 2.16. The van der Waals surface area contributed by atoms with E-state index < -0.39 is 0 Å². The van der Waals surface area contributed by atoms with Crippen molar-refractivity contribution in [3.05, 3.63) is 24.0 Å². The summed E-state index contributed by atoms with van der Waals surface area (Å²) in [5.41, 5.74) is 7.21. The average molecular weight is 264 g/mol. The summed E-state index contributed by atoms with van der Waals surface area (Å²) >= 11 is 4.88. The molecule has 1 aromatic heterocycles. The second-order valence-electron chi connectivity index (χ2n) is 4.81. The van der Waals surface area contributed by atoms with Gasteiger partial charge in [-0.15, -0.1) is 0 Å². The van der Waals surface area contributed by atoms with Crippen molar-refractivity contribution in [3.63, 3.8) is 0 Å². The monoisotopic (exact) mass is 264 g/mol. The minimum absolute atomic E-state index is 0.341. The Kier molecular flexibility index (Phi) is 4.49. The van der Waals surface area contributed by atoms with Crippen LogP contribution in [0.5, 0.6) is 0 Å². The molecule has 1 saturated heterocycles. The maximum atomic E-state index is 5.51. The van der Waals surface area contributed by atoms with E-state index in [1.165, 1.54) is 25.8 Å². The highest BCUT2D eigenvalue weighted by molar-refractivity contribution is 7.80. The van der Waals surface area contributed by atoms with Crippen molar-refractivity contribution in [3.8, 4) is 0 Å². The third-order valence-electron chi connectivity index (χ3n) is 3.48. The van der Waals surface area contributed by atoms with Crippen molar-refractivity contribution < 1.29 is 0 Å². The summed E-state index contributed by atoms with van der Waals surface area (Å²) in [6.45, 7) is 2.16. The van der Waals surface area contributed by atoms with Crippen LogP contribution < -0.4 is 11.1 Å². The topological polar surface area (TPSA) is 54.2 Å². The van der Waals surface area contributed by atoms with Gasteiger partial charge in [0.05, 0.1) is 17.6 Å². The molecule has 4 nitrogen and oxygen atoms in total. The molecule has 2 heterocycles. The molecule has 0 aromatic carbocycles. The van der Waals surface area contributed by atoms with Gasteiger partial charge in [0.25, 0.3) is 0 Å². The molecular weight excluding hydrogens is 244 g/mol.